The summed E-state index contributed by atoms with van der Waals surface area (Å²) in [5, 5.41) is 12.1. The molecular weight excluding hydrogens is 269 g/mol. The van der Waals surface area contributed by atoms with Gasteiger partial charge < -0.3 is 15.2 Å². The molecule has 0 bridgehead atoms. The highest BCUT2D eigenvalue weighted by atomic mass is 19.1. The fourth-order valence-electron chi connectivity index (χ4n) is 1.98. The molecule has 2 aromatic rings. The summed E-state index contributed by atoms with van der Waals surface area (Å²) in [6.45, 7) is 3.86. The van der Waals surface area contributed by atoms with Gasteiger partial charge in [-0.3, -0.25) is 0 Å². The molecule has 2 rings (SSSR count). The second kappa shape index (κ2) is 7.76. The fourth-order valence-corrected chi connectivity index (χ4v) is 1.98. The average Bonchev–Trinajstić information content (AvgIpc) is 2.51. The number of hydrogen-bond acceptors (Lipinski definition) is 3. The zero-order valence-corrected chi connectivity index (χ0v) is 12.1. The quantitative estimate of drug-likeness (QED) is 0.823. The van der Waals surface area contributed by atoms with E-state index in [1.165, 1.54) is 12.1 Å². The lowest BCUT2D eigenvalue weighted by atomic mass is 10.1. The molecule has 112 valence electrons. The van der Waals surface area contributed by atoms with Crippen molar-refractivity contribution < 1.29 is 14.2 Å². The van der Waals surface area contributed by atoms with Gasteiger partial charge in [0.05, 0.1) is 6.61 Å². The summed E-state index contributed by atoms with van der Waals surface area (Å²) >= 11 is 0. The van der Waals surface area contributed by atoms with Crippen LogP contribution in [0, 0.1) is 5.82 Å². The number of hydrogen-bond donors (Lipinski definition) is 2. The van der Waals surface area contributed by atoms with Crippen LogP contribution < -0.4 is 10.1 Å². The third kappa shape index (κ3) is 4.85. The van der Waals surface area contributed by atoms with Gasteiger partial charge in [0, 0.05) is 12.6 Å². The number of rotatable bonds is 7. The van der Waals surface area contributed by atoms with Crippen molar-refractivity contribution in [2.75, 3.05) is 6.54 Å². The molecular formula is C17H20FNO2. The summed E-state index contributed by atoms with van der Waals surface area (Å²) in [7, 11) is 0. The molecule has 0 saturated heterocycles. The van der Waals surface area contributed by atoms with Crippen molar-refractivity contribution in [3.8, 4) is 5.75 Å². The van der Waals surface area contributed by atoms with Crippen LogP contribution in [0.25, 0.3) is 0 Å². The molecule has 0 aliphatic rings. The Labute approximate surface area is 124 Å². The number of aliphatic hydroxyl groups excluding tert-OH is 1. The fraction of sp³-hybridized carbons (Fsp3) is 0.294. The lowest BCUT2D eigenvalue weighted by Gasteiger charge is -2.09. The molecule has 0 atom stereocenters. The molecule has 0 heterocycles. The van der Waals surface area contributed by atoms with Crippen molar-refractivity contribution in [3.05, 3.63) is 65.0 Å². The maximum atomic E-state index is 13.5. The van der Waals surface area contributed by atoms with Gasteiger partial charge >= 0.3 is 0 Å². The molecule has 0 aromatic heterocycles. The van der Waals surface area contributed by atoms with Gasteiger partial charge in [0.2, 0.25) is 0 Å². The van der Waals surface area contributed by atoms with Gasteiger partial charge in [-0.2, -0.15) is 0 Å². The van der Waals surface area contributed by atoms with E-state index in [-0.39, 0.29) is 12.4 Å². The van der Waals surface area contributed by atoms with Crippen molar-refractivity contribution >= 4 is 0 Å². The van der Waals surface area contributed by atoms with Crippen molar-refractivity contribution in [1.29, 1.82) is 0 Å². The molecule has 0 amide bonds. The number of halogens is 1. The molecule has 0 unspecified atom stereocenters. The Morgan fingerprint density at radius 2 is 1.76 bits per heavy atom. The first kappa shape index (κ1) is 15.5. The minimum absolute atomic E-state index is 0.0266. The molecule has 2 N–H and O–H groups in total. The lowest BCUT2D eigenvalue weighted by Crippen LogP contribution is -2.12. The molecule has 4 heteroatoms. The van der Waals surface area contributed by atoms with E-state index < -0.39 is 0 Å². The Bertz CT molecular complexity index is 570. The molecule has 2 aromatic carbocycles. The Hall–Kier alpha value is -1.91. The molecule has 0 fully saturated rings. The SMILES string of the molecule is CCNCc1cc(F)cc(OCc2ccc(CO)cc2)c1. The van der Waals surface area contributed by atoms with Crippen LogP contribution in [0.4, 0.5) is 4.39 Å². The first-order chi connectivity index (χ1) is 10.2. The Morgan fingerprint density at radius 1 is 1.05 bits per heavy atom. The van der Waals surface area contributed by atoms with E-state index in [0.717, 1.165) is 23.2 Å². The molecule has 0 radical (unpaired) electrons. The van der Waals surface area contributed by atoms with E-state index in [9.17, 15) is 4.39 Å². The van der Waals surface area contributed by atoms with Gasteiger partial charge in [0.25, 0.3) is 0 Å². The third-order valence-corrected chi connectivity index (χ3v) is 3.12. The van der Waals surface area contributed by atoms with Gasteiger partial charge in [-0.05, 0) is 35.4 Å². The lowest BCUT2D eigenvalue weighted by molar-refractivity contribution is 0.281. The van der Waals surface area contributed by atoms with Crippen molar-refractivity contribution in [1.82, 2.24) is 5.32 Å². The molecule has 21 heavy (non-hydrogen) atoms. The largest absolute Gasteiger partial charge is 0.489 e. The summed E-state index contributed by atoms with van der Waals surface area (Å²) in [4.78, 5) is 0. The maximum absolute atomic E-state index is 13.5. The highest BCUT2D eigenvalue weighted by molar-refractivity contribution is 5.30. The maximum Gasteiger partial charge on any atom is 0.127 e. The average molecular weight is 289 g/mol. The zero-order valence-electron chi connectivity index (χ0n) is 12.1. The van der Waals surface area contributed by atoms with E-state index in [2.05, 4.69) is 5.32 Å². The summed E-state index contributed by atoms with van der Waals surface area (Å²) in [5.41, 5.74) is 2.70. The Balaban J connectivity index is 1.99. The molecule has 3 nitrogen and oxygen atoms in total. The van der Waals surface area contributed by atoms with Gasteiger partial charge in [0.15, 0.2) is 0 Å². The number of aliphatic hydroxyl groups is 1. The van der Waals surface area contributed by atoms with Crippen molar-refractivity contribution in [2.24, 2.45) is 0 Å². The standard InChI is InChI=1S/C17H20FNO2/c1-2-19-10-15-7-16(18)9-17(8-15)21-12-14-5-3-13(11-20)4-6-14/h3-9,19-20H,2,10-12H2,1H3. The second-order valence-corrected chi connectivity index (χ2v) is 4.84. The monoisotopic (exact) mass is 289 g/mol. The minimum Gasteiger partial charge on any atom is -0.489 e. The number of benzene rings is 2. The number of ether oxygens (including phenoxy) is 1. The van der Waals surface area contributed by atoms with E-state index in [0.29, 0.717) is 18.9 Å². The van der Waals surface area contributed by atoms with E-state index in [4.69, 9.17) is 9.84 Å². The van der Waals surface area contributed by atoms with Crippen LogP contribution in [0.3, 0.4) is 0 Å². The summed E-state index contributed by atoms with van der Waals surface area (Å²) in [6.07, 6.45) is 0. The normalized spacial score (nSPS) is 10.6. The van der Waals surface area contributed by atoms with Crippen LogP contribution in [0.15, 0.2) is 42.5 Å². The first-order valence-corrected chi connectivity index (χ1v) is 7.03. The van der Waals surface area contributed by atoms with Crippen LogP contribution in [0.1, 0.15) is 23.6 Å². The summed E-state index contributed by atoms with van der Waals surface area (Å²) in [6, 6.07) is 12.2. The van der Waals surface area contributed by atoms with Gasteiger partial charge in [-0.1, -0.05) is 31.2 Å². The van der Waals surface area contributed by atoms with Crippen LogP contribution in [0.5, 0.6) is 5.75 Å². The van der Waals surface area contributed by atoms with E-state index in [1.807, 2.05) is 37.3 Å². The zero-order chi connectivity index (χ0) is 15.1. The number of nitrogens with one attached hydrogen (secondary N) is 1. The van der Waals surface area contributed by atoms with E-state index >= 15 is 0 Å². The van der Waals surface area contributed by atoms with Gasteiger partial charge in [-0.25, -0.2) is 4.39 Å². The molecule has 0 aliphatic heterocycles. The summed E-state index contributed by atoms with van der Waals surface area (Å²) < 4.78 is 19.2. The minimum atomic E-state index is -0.295. The highest BCUT2D eigenvalue weighted by Gasteiger charge is 2.03. The van der Waals surface area contributed by atoms with Crippen LogP contribution >= 0.6 is 0 Å². The Kier molecular flexibility index (Phi) is 5.72. The predicted molar refractivity (Wildman–Crippen MR) is 80.5 cm³/mol. The van der Waals surface area contributed by atoms with Crippen molar-refractivity contribution in [3.63, 3.8) is 0 Å². The van der Waals surface area contributed by atoms with Gasteiger partial charge in [-0.15, -0.1) is 0 Å². The molecule has 0 aliphatic carbocycles. The van der Waals surface area contributed by atoms with Crippen molar-refractivity contribution in [2.45, 2.75) is 26.7 Å². The summed E-state index contributed by atoms with van der Waals surface area (Å²) in [5.74, 6) is 0.227. The van der Waals surface area contributed by atoms with Gasteiger partial charge in [0.1, 0.15) is 18.2 Å². The highest BCUT2D eigenvalue weighted by Crippen LogP contribution is 2.18. The van der Waals surface area contributed by atoms with Crippen LogP contribution in [-0.4, -0.2) is 11.7 Å². The second-order valence-electron chi connectivity index (χ2n) is 4.84. The third-order valence-electron chi connectivity index (χ3n) is 3.12. The van der Waals surface area contributed by atoms with E-state index in [1.54, 1.807) is 0 Å². The molecule has 0 saturated carbocycles. The topological polar surface area (TPSA) is 41.5 Å². The first-order valence-electron chi connectivity index (χ1n) is 7.03. The predicted octanol–water partition coefficient (Wildman–Crippen LogP) is 3.01. The van der Waals surface area contributed by atoms with Crippen LogP contribution in [0.2, 0.25) is 0 Å². The van der Waals surface area contributed by atoms with Crippen LogP contribution in [-0.2, 0) is 19.8 Å². The smallest absolute Gasteiger partial charge is 0.127 e. The molecule has 0 spiro atoms. The Morgan fingerprint density at radius 3 is 2.43 bits per heavy atom.